The molecule has 0 aliphatic carbocycles. The van der Waals surface area contributed by atoms with Gasteiger partial charge in [0.2, 0.25) is 0 Å². The van der Waals surface area contributed by atoms with E-state index >= 15 is 0 Å². The minimum Gasteiger partial charge on any atom is -0.377 e. The molecule has 2 aliphatic rings. The number of morpholine rings is 1. The van der Waals surface area contributed by atoms with Gasteiger partial charge in [-0.15, -0.1) is 0 Å². The minimum absolute atomic E-state index is 0. The number of anilines is 1. The van der Waals surface area contributed by atoms with E-state index in [0.29, 0.717) is 6.04 Å². The molecule has 5 heteroatoms. The van der Waals surface area contributed by atoms with Crippen molar-refractivity contribution in [2.24, 2.45) is 4.99 Å². The van der Waals surface area contributed by atoms with Crippen LogP contribution in [-0.2, 0) is 11.2 Å². The summed E-state index contributed by atoms with van der Waals surface area (Å²) < 4.78 is 11.0. The third kappa shape index (κ3) is 2.97. The van der Waals surface area contributed by atoms with Gasteiger partial charge < -0.3 is 14.2 Å². The van der Waals surface area contributed by atoms with E-state index in [1.165, 1.54) is 22.5 Å². The summed E-state index contributed by atoms with van der Waals surface area (Å²) in [7, 11) is 0. The molecule has 25 heavy (non-hydrogen) atoms. The fourth-order valence-electron chi connectivity index (χ4n) is 3.79. The smallest absolute Gasteiger partial charge is 0.141 e. The number of aliphatic imine (C=N–C) groups is 1. The Morgan fingerprint density at radius 1 is 1.20 bits per heavy atom. The topological polar surface area (TPSA) is 50.9 Å². The number of aryl methyl sites for hydroxylation is 2. The van der Waals surface area contributed by atoms with Crippen LogP contribution in [0.5, 0.6) is 0 Å². The first-order chi connectivity index (χ1) is 11.5. The first kappa shape index (κ1) is 17.7. The largest absolute Gasteiger partial charge is 0.377 e. The standard InChI is InChI=1S/C19H23N3O2.CH4/c1-11-7-16-8-15(18-13(3)21-24-14(18)4)9-17(19(16)20-11)22-5-6-23-10-12(22)2;/h8-9,12H,5-7,10H2,1-4H3;1H4. The third-order valence-electron chi connectivity index (χ3n) is 4.92. The molecule has 0 radical (unpaired) electrons. The van der Waals surface area contributed by atoms with E-state index in [0.717, 1.165) is 48.9 Å². The fraction of sp³-hybridized carbons (Fsp3) is 0.500. The summed E-state index contributed by atoms with van der Waals surface area (Å²) in [5.74, 6) is 0.865. The maximum absolute atomic E-state index is 5.61. The zero-order chi connectivity index (χ0) is 16.8. The minimum atomic E-state index is 0. The second-order valence-electron chi connectivity index (χ2n) is 6.84. The molecule has 5 nitrogen and oxygen atoms in total. The highest BCUT2D eigenvalue weighted by molar-refractivity contribution is 5.97. The number of benzene rings is 1. The number of ether oxygens (including phenoxy) is 1. The molecule has 1 aromatic carbocycles. The molecule has 0 amide bonds. The van der Waals surface area contributed by atoms with Gasteiger partial charge in [-0.05, 0) is 51.0 Å². The van der Waals surface area contributed by atoms with Crippen molar-refractivity contribution in [2.45, 2.75) is 47.6 Å². The van der Waals surface area contributed by atoms with Gasteiger partial charge in [0.1, 0.15) is 5.76 Å². The molecule has 0 bridgehead atoms. The van der Waals surface area contributed by atoms with Gasteiger partial charge in [-0.3, -0.25) is 4.99 Å². The summed E-state index contributed by atoms with van der Waals surface area (Å²) in [5, 5.41) is 4.12. The zero-order valence-corrected chi connectivity index (χ0v) is 14.7. The maximum Gasteiger partial charge on any atom is 0.141 e. The van der Waals surface area contributed by atoms with Crippen molar-refractivity contribution in [3.05, 3.63) is 29.2 Å². The molecule has 134 valence electrons. The van der Waals surface area contributed by atoms with Gasteiger partial charge in [-0.2, -0.15) is 0 Å². The van der Waals surface area contributed by atoms with Crippen molar-refractivity contribution < 1.29 is 9.26 Å². The molecule has 1 unspecified atom stereocenters. The summed E-state index contributed by atoms with van der Waals surface area (Å²) in [6.07, 6.45) is 0.915. The average molecular weight is 341 g/mol. The summed E-state index contributed by atoms with van der Waals surface area (Å²) in [6, 6.07) is 4.84. The second-order valence-corrected chi connectivity index (χ2v) is 6.84. The van der Waals surface area contributed by atoms with Crippen LogP contribution in [0, 0.1) is 13.8 Å². The van der Waals surface area contributed by atoms with Crippen LogP contribution in [0.2, 0.25) is 0 Å². The number of nitrogens with zero attached hydrogens (tertiary/aromatic N) is 3. The van der Waals surface area contributed by atoms with Crippen molar-refractivity contribution in [3.63, 3.8) is 0 Å². The Bertz CT molecular complexity index is 803. The van der Waals surface area contributed by atoms with Crippen molar-refractivity contribution in [2.75, 3.05) is 24.7 Å². The van der Waals surface area contributed by atoms with Gasteiger partial charge in [0.05, 0.1) is 30.3 Å². The Morgan fingerprint density at radius 3 is 2.68 bits per heavy atom. The van der Waals surface area contributed by atoms with Crippen molar-refractivity contribution >= 4 is 17.1 Å². The molecule has 4 rings (SSSR count). The highest BCUT2D eigenvalue weighted by atomic mass is 16.5. The SMILES string of the molecule is C.CC1=Nc2c(cc(-c3c(C)noc3C)cc2N2CCOCC2C)C1. The highest BCUT2D eigenvalue weighted by Crippen LogP contribution is 2.42. The number of hydrogen-bond acceptors (Lipinski definition) is 5. The van der Waals surface area contributed by atoms with E-state index in [2.05, 4.69) is 36.0 Å². The predicted octanol–water partition coefficient (Wildman–Crippen LogP) is 4.47. The number of rotatable bonds is 2. The second kappa shape index (κ2) is 6.64. The summed E-state index contributed by atoms with van der Waals surface area (Å²) in [4.78, 5) is 7.25. The van der Waals surface area contributed by atoms with Gasteiger partial charge in [0.25, 0.3) is 0 Å². The molecule has 1 saturated heterocycles. The molecule has 1 aromatic heterocycles. The molecule has 0 spiro atoms. The molecule has 3 heterocycles. The Kier molecular flexibility index (Phi) is 4.69. The van der Waals surface area contributed by atoms with Crippen LogP contribution in [0.15, 0.2) is 21.6 Å². The Morgan fingerprint density at radius 2 is 2.00 bits per heavy atom. The molecule has 1 fully saturated rings. The van der Waals surface area contributed by atoms with E-state index in [4.69, 9.17) is 14.3 Å². The summed E-state index contributed by atoms with van der Waals surface area (Å²) in [6.45, 7) is 10.7. The van der Waals surface area contributed by atoms with Gasteiger partial charge >= 0.3 is 0 Å². The molecular formula is C20H27N3O2. The lowest BCUT2D eigenvalue weighted by Crippen LogP contribution is -2.43. The Labute approximate surface area is 149 Å². The first-order valence-corrected chi connectivity index (χ1v) is 8.53. The Balaban J connectivity index is 0.00000182. The maximum atomic E-state index is 5.61. The van der Waals surface area contributed by atoms with E-state index in [1.807, 2.05) is 13.8 Å². The number of fused-ring (bicyclic) bond motifs is 1. The number of aromatic nitrogens is 1. The van der Waals surface area contributed by atoms with Crippen molar-refractivity contribution in [3.8, 4) is 11.1 Å². The van der Waals surface area contributed by atoms with Crippen LogP contribution in [0.3, 0.4) is 0 Å². The molecule has 1 atom stereocenters. The van der Waals surface area contributed by atoms with Crippen LogP contribution in [0.4, 0.5) is 11.4 Å². The van der Waals surface area contributed by atoms with Gasteiger partial charge in [-0.25, -0.2) is 0 Å². The Hall–Kier alpha value is -2.14. The lowest BCUT2D eigenvalue weighted by atomic mass is 9.97. The van der Waals surface area contributed by atoms with Gasteiger partial charge in [0.15, 0.2) is 0 Å². The summed E-state index contributed by atoms with van der Waals surface area (Å²) in [5.41, 5.74) is 7.99. The molecular weight excluding hydrogens is 314 g/mol. The predicted molar refractivity (Wildman–Crippen MR) is 102 cm³/mol. The average Bonchev–Trinajstić information content (AvgIpc) is 3.08. The zero-order valence-electron chi connectivity index (χ0n) is 14.7. The number of hydrogen-bond donors (Lipinski definition) is 0. The molecule has 2 aliphatic heterocycles. The van der Waals surface area contributed by atoms with Crippen LogP contribution in [0.1, 0.15) is 38.3 Å². The summed E-state index contributed by atoms with van der Waals surface area (Å²) >= 11 is 0. The van der Waals surface area contributed by atoms with E-state index in [9.17, 15) is 0 Å². The van der Waals surface area contributed by atoms with Gasteiger partial charge in [0, 0.05) is 30.3 Å². The van der Waals surface area contributed by atoms with E-state index in [1.54, 1.807) is 0 Å². The van der Waals surface area contributed by atoms with Crippen molar-refractivity contribution in [1.29, 1.82) is 0 Å². The third-order valence-corrected chi connectivity index (χ3v) is 4.92. The lowest BCUT2D eigenvalue weighted by Gasteiger charge is -2.36. The van der Waals surface area contributed by atoms with Crippen LogP contribution in [0.25, 0.3) is 11.1 Å². The fourth-order valence-corrected chi connectivity index (χ4v) is 3.79. The highest BCUT2D eigenvalue weighted by Gasteiger charge is 2.27. The monoisotopic (exact) mass is 341 g/mol. The van der Waals surface area contributed by atoms with Crippen molar-refractivity contribution in [1.82, 2.24) is 5.16 Å². The van der Waals surface area contributed by atoms with E-state index < -0.39 is 0 Å². The normalized spacial score (nSPS) is 19.4. The molecule has 0 N–H and O–H groups in total. The molecule has 0 saturated carbocycles. The lowest BCUT2D eigenvalue weighted by molar-refractivity contribution is 0.0990. The van der Waals surface area contributed by atoms with E-state index in [-0.39, 0.29) is 7.43 Å². The van der Waals surface area contributed by atoms with Crippen LogP contribution >= 0.6 is 0 Å². The van der Waals surface area contributed by atoms with Crippen LogP contribution < -0.4 is 4.90 Å². The quantitative estimate of drug-likeness (QED) is 0.809. The first-order valence-electron chi connectivity index (χ1n) is 8.53. The van der Waals surface area contributed by atoms with Crippen LogP contribution in [-0.4, -0.2) is 36.7 Å². The van der Waals surface area contributed by atoms with Gasteiger partial charge in [-0.1, -0.05) is 12.6 Å². The molecule has 2 aromatic rings.